The molecule has 2 aromatic heterocycles. The van der Waals surface area contributed by atoms with E-state index in [2.05, 4.69) is 69.7 Å². The van der Waals surface area contributed by atoms with E-state index in [9.17, 15) is 0 Å². The Bertz CT molecular complexity index is 1310. The van der Waals surface area contributed by atoms with Gasteiger partial charge in [0.25, 0.3) is 0 Å². The number of hydrogen-bond acceptors (Lipinski definition) is 7. The van der Waals surface area contributed by atoms with E-state index in [0.717, 1.165) is 60.6 Å². The second-order valence-corrected chi connectivity index (χ2v) is 10.8. The monoisotopic (exact) mass is 472 g/mol. The summed E-state index contributed by atoms with van der Waals surface area (Å²) in [7, 11) is 1.59. The number of aromatic nitrogens is 3. The number of hydrogen-bond donors (Lipinski definition) is 1. The second kappa shape index (κ2) is 8.32. The first-order valence-electron chi connectivity index (χ1n) is 11.8. The Kier molecular flexibility index (Phi) is 5.26. The Balaban J connectivity index is 1.14. The van der Waals surface area contributed by atoms with E-state index in [1.54, 1.807) is 18.4 Å². The minimum Gasteiger partial charge on any atom is -0.467 e. The van der Waals surface area contributed by atoms with Gasteiger partial charge in [-0.1, -0.05) is 18.2 Å². The van der Waals surface area contributed by atoms with Crippen molar-refractivity contribution in [1.82, 2.24) is 15.0 Å². The summed E-state index contributed by atoms with van der Waals surface area (Å²) < 4.78 is 12.8. The minimum atomic E-state index is -0.248. The van der Waals surface area contributed by atoms with Gasteiger partial charge in [-0.2, -0.15) is 0 Å². The second-order valence-electron chi connectivity index (χ2n) is 9.59. The fourth-order valence-electron chi connectivity index (χ4n) is 5.34. The summed E-state index contributed by atoms with van der Waals surface area (Å²) in [6.07, 6.45) is 7.98. The fraction of sp³-hybridized carbons (Fsp3) is 0.370. The molecule has 34 heavy (non-hydrogen) atoms. The fourth-order valence-corrected chi connectivity index (χ4v) is 6.20. The van der Waals surface area contributed by atoms with Crippen molar-refractivity contribution in [2.24, 2.45) is 5.41 Å². The molecule has 4 aromatic rings. The van der Waals surface area contributed by atoms with Crippen molar-refractivity contribution < 1.29 is 9.47 Å². The molecule has 0 radical (unpaired) electrons. The first-order chi connectivity index (χ1) is 16.6. The maximum absolute atomic E-state index is 6.49. The predicted molar refractivity (Wildman–Crippen MR) is 135 cm³/mol. The molecule has 3 fully saturated rings. The van der Waals surface area contributed by atoms with E-state index in [1.165, 1.54) is 15.8 Å². The quantitative estimate of drug-likeness (QED) is 0.373. The molecule has 2 saturated heterocycles. The number of thiazole rings is 1. The molecule has 174 valence electrons. The van der Waals surface area contributed by atoms with Crippen molar-refractivity contribution in [1.29, 1.82) is 0 Å². The summed E-state index contributed by atoms with van der Waals surface area (Å²) in [5.41, 5.74) is 5.66. The lowest BCUT2D eigenvalue weighted by Crippen LogP contribution is -2.52. The van der Waals surface area contributed by atoms with Crippen LogP contribution >= 0.6 is 11.3 Å². The summed E-state index contributed by atoms with van der Waals surface area (Å²) in [4.78, 5) is 13.2. The molecule has 7 heteroatoms. The highest BCUT2D eigenvalue weighted by molar-refractivity contribution is 7.18. The summed E-state index contributed by atoms with van der Waals surface area (Å²) in [5.74, 6) is 0. The zero-order valence-corrected chi connectivity index (χ0v) is 20.3. The van der Waals surface area contributed by atoms with Crippen molar-refractivity contribution in [2.75, 3.05) is 25.6 Å². The van der Waals surface area contributed by atoms with Gasteiger partial charge in [-0.15, -0.1) is 11.3 Å². The number of aryl methyl sites for hydroxylation is 1. The topological polar surface area (TPSA) is 69.2 Å². The van der Waals surface area contributed by atoms with Crippen LogP contribution in [-0.4, -0.2) is 35.2 Å². The molecule has 6 nitrogen and oxygen atoms in total. The Hall–Kier alpha value is -3.03. The highest BCUT2D eigenvalue weighted by atomic mass is 32.1. The van der Waals surface area contributed by atoms with Gasteiger partial charge < -0.3 is 14.8 Å². The number of fused-ring (bicyclic) bond motifs is 4. The number of ether oxygens (including phenoxy) is 2. The first-order valence-corrected chi connectivity index (χ1v) is 12.6. The third-order valence-corrected chi connectivity index (χ3v) is 8.40. The van der Waals surface area contributed by atoms with Gasteiger partial charge >= 0.3 is 6.01 Å². The van der Waals surface area contributed by atoms with Crippen molar-refractivity contribution >= 4 is 27.2 Å². The summed E-state index contributed by atoms with van der Waals surface area (Å²) in [5, 5.41) is 4.82. The van der Waals surface area contributed by atoms with Crippen molar-refractivity contribution in [2.45, 2.75) is 38.2 Å². The molecule has 4 heterocycles. The van der Waals surface area contributed by atoms with Gasteiger partial charge in [0, 0.05) is 35.6 Å². The lowest BCUT2D eigenvalue weighted by Gasteiger charge is -2.53. The molecular formula is C27H28N4O2S. The van der Waals surface area contributed by atoms with Crippen LogP contribution in [0.2, 0.25) is 0 Å². The first kappa shape index (κ1) is 21.5. The minimum absolute atomic E-state index is 0.171. The van der Waals surface area contributed by atoms with Crippen LogP contribution in [0.15, 0.2) is 54.9 Å². The number of nitrogens with one attached hydrogen (secondary N) is 1. The van der Waals surface area contributed by atoms with Crippen LogP contribution in [0.3, 0.4) is 0 Å². The molecule has 1 N–H and O–H groups in total. The molecule has 0 unspecified atom stereocenters. The van der Waals surface area contributed by atoms with Gasteiger partial charge in [0.1, 0.15) is 0 Å². The van der Waals surface area contributed by atoms with Crippen molar-refractivity contribution in [3.05, 3.63) is 65.4 Å². The summed E-state index contributed by atoms with van der Waals surface area (Å²) >= 11 is 1.75. The third kappa shape index (κ3) is 3.83. The van der Waals surface area contributed by atoms with E-state index >= 15 is 0 Å². The standard InChI is InChI=1S/C27H28N4O2S/c1-18-31-23-7-6-20(13-24(23)34-18)19-4-3-5-22(12-19)30-16-26-8-10-27(11-9-26,33-17-26)21-14-28-25(32-2)29-15-21/h3-7,12-15,30H,8-11,16-17H2,1-2H3. The van der Waals surface area contributed by atoms with E-state index in [4.69, 9.17) is 9.47 Å². The maximum Gasteiger partial charge on any atom is 0.316 e. The largest absolute Gasteiger partial charge is 0.467 e. The smallest absolute Gasteiger partial charge is 0.316 e. The number of anilines is 1. The molecule has 0 amide bonds. The highest BCUT2D eigenvalue weighted by Gasteiger charge is 2.50. The molecule has 2 bridgehead atoms. The van der Waals surface area contributed by atoms with E-state index in [0.29, 0.717) is 6.01 Å². The summed E-state index contributed by atoms with van der Waals surface area (Å²) in [6, 6.07) is 15.6. The number of rotatable bonds is 6. The maximum atomic E-state index is 6.49. The zero-order valence-electron chi connectivity index (χ0n) is 19.5. The van der Waals surface area contributed by atoms with Crippen LogP contribution in [0.5, 0.6) is 6.01 Å². The highest BCUT2D eigenvalue weighted by Crippen LogP contribution is 2.53. The molecule has 3 aliphatic rings. The molecule has 0 atom stereocenters. The van der Waals surface area contributed by atoms with Crippen LogP contribution in [0.4, 0.5) is 5.69 Å². The molecule has 1 saturated carbocycles. The molecule has 0 spiro atoms. The average molecular weight is 473 g/mol. The van der Waals surface area contributed by atoms with Gasteiger partial charge in [-0.3, -0.25) is 0 Å². The van der Waals surface area contributed by atoms with Gasteiger partial charge in [-0.25, -0.2) is 15.0 Å². The normalized spacial score (nSPS) is 23.8. The van der Waals surface area contributed by atoms with Crippen LogP contribution in [0.25, 0.3) is 21.3 Å². The average Bonchev–Trinajstić information content (AvgIpc) is 3.28. The molecule has 2 aromatic carbocycles. The molecule has 7 rings (SSSR count). The lowest BCUT2D eigenvalue weighted by atomic mass is 9.64. The summed E-state index contributed by atoms with van der Waals surface area (Å²) in [6.45, 7) is 3.73. The van der Waals surface area contributed by atoms with Crippen molar-refractivity contribution in [3.63, 3.8) is 0 Å². The van der Waals surface area contributed by atoms with E-state index < -0.39 is 0 Å². The van der Waals surface area contributed by atoms with Crippen LogP contribution < -0.4 is 10.1 Å². The van der Waals surface area contributed by atoms with Gasteiger partial charge in [0.2, 0.25) is 0 Å². The third-order valence-electron chi connectivity index (χ3n) is 7.47. The van der Waals surface area contributed by atoms with E-state index in [-0.39, 0.29) is 11.0 Å². The lowest BCUT2D eigenvalue weighted by molar-refractivity contribution is -0.185. The predicted octanol–water partition coefficient (Wildman–Crippen LogP) is 5.97. The zero-order chi connectivity index (χ0) is 23.2. The Morgan fingerprint density at radius 2 is 1.82 bits per heavy atom. The Labute approximate surface area is 203 Å². The van der Waals surface area contributed by atoms with Crippen molar-refractivity contribution in [3.8, 4) is 17.1 Å². The van der Waals surface area contributed by atoms with E-state index in [1.807, 2.05) is 12.4 Å². The Morgan fingerprint density at radius 3 is 2.56 bits per heavy atom. The number of methoxy groups -OCH3 is 1. The van der Waals surface area contributed by atoms with Gasteiger partial charge in [-0.05, 0) is 68.0 Å². The SMILES string of the molecule is COc1ncc(C23CCC(CNc4cccc(-c5ccc6nc(C)sc6c5)c4)(CC2)CO3)cn1. The van der Waals surface area contributed by atoms with Crippen LogP contribution in [-0.2, 0) is 10.3 Å². The number of nitrogens with zero attached hydrogens (tertiary/aromatic N) is 3. The van der Waals surface area contributed by atoms with Crippen LogP contribution in [0.1, 0.15) is 36.3 Å². The molecular weight excluding hydrogens is 444 g/mol. The number of benzene rings is 2. The van der Waals surface area contributed by atoms with Gasteiger partial charge in [0.15, 0.2) is 0 Å². The molecule has 2 aliphatic heterocycles. The van der Waals surface area contributed by atoms with Gasteiger partial charge in [0.05, 0.1) is 34.5 Å². The Morgan fingerprint density at radius 1 is 1.03 bits per heavy atom. The van der Waals surface area contributed by atoms with Crippen LogP contribution in [0, 0.1) is 12.3 Å². The molecule has 1 aliphatic carbocycles.